The normalized spacial score (nSPS) is 10.5. The molecule has 0 amide bonds. The molecule has 0 unspecified atom stereocenters. The molecule has 0 fully saturated rings. The number of nitrogens with one attached hydrogen (secondary N) is 1. The SMILES string of the molecule is CCNc1nc(N(CC)Cc2ccncc2)c(Cl)cc1Cl. The van der Waals surface area contributed by atoms with Gasteiger partial charge in [0.1, 0.15) is 11.6 Å². The van der Waals surface area contributed by atoms with Gasteiger partial charge in [-0.15, -0.1) is 0 Å². The molecule has 2 rings (SSSR count). The van der Waals surface area contributed by atoms with Crippen molar-refractivity contribution in [2.24, 2.45) is 0 Å². The van der Waals surface area contributed by atoms with Crippen molar-refractivity contribution >= 4 is 34.8 Å². The van der Waals surface area contributed by atoms with Gasteiger partial charge in [0.05, 0.1) is 10.0 Å². The maximum atomic E-state index is 6.31. The van der Waals surface area contributed by atoms with Crippen molar-refractivity contribution in [3.8, 4) is 0 Å². The summed E-state index contributed by atoms with van der Waals surface area (Å²) in [4.78, 5) is 10.7. The maximum absolute atomic E-state index is 6.31. The molecule has 0 aromatic carbocycles. The number of nitrogens with zero attached hydrogens (tertiary/aromatic N) is 3. The average molecular weight is 325 g/mol. The smallest absolute Gasteiger partial charge is 0.150 e. The Balaban J connectivity index is 2.31. The highest BCUT2D eigenvalue weighted by Gasteiger charge is 2.14. The molecule has 2 aromatic heterocycles. The predicted octanol–water partition coefficient (Wildman–Crippen LogP) is 4.24. The molecule has 0 aliphatic rings. The van der Waals surface area contributed by atoms with Crippen LogP contribution in [0.2, 0.25) is 10.0 Å². The fraction of sp³-hybridized carbons (Fsp3) is 0.333. The second-order valence-corrected chi connectivity index (χ2v) is 5.34. The first-order chi connectivity index (χ1) is 10.2. The molecule has 4 nitrogen and oxygen atoms in total. The third kappa shape index (κ3) is 3.99. The Morgan fingerprint density at radius 3 is 2.48 bits per heavy atom. The standard InChI is InChI=1S/C15H18Cl2N4/c1-3-19-14-12(16)9-13(17)15(20-14)21(4-2)10-11-5-7-18-8-6-11/h5-9H,3-4,10H2,1-2H3,(H,19,20). The number of halogens is 2. The second kappa shape index (κ2) is 7.48. The summed E-state index contributed by atoms with van der Waals surface area (Å²) in [5.41, 5.74) is 1.16. The van der Waals surface area contributed by atoms with E-state index in [1.54, 1.807) is 18.5 Å². The highest BCUT2D eigenvalue weighted by atomic mass is 35.5. The van der Waals surface area contributed by atoms with Crippen LogP contribution in [0.15, 0.2) is 30.6 Å². The van der Waals surface area contributed by atoms with Crippen molar-refractivity contribution in [1.82, 2.24) is 9.97 Å². The summed E-state index contributed by atoms with van der Waals surface area (Å²) in [7, 11) is 0. The molecule has 0 aliphatic carbocycles. The number of anilines is 2. The van der Waals surface area contributed by atoms with Gasteiger partial charge in [0.15, 0.2) is 0 Å². The summed E-state index contributed by atoms with van der Waals surface area (Å²) in [5, 5.41) is 4.23. The van der Waals surface area contributed by atoms with Crippen LogP contribution in [0.5, 0.6) is 0 Å². The van der Waals surface area contributed by atoms with Crippen LogP contribution in [-0.2, 0) is 6.54 Å². The monoisotopic (exact) mass is 324 g/mol. The first-order valence-electron chi connectivity index (χ1n) is 6.89. The molecule has 0 radical (unpaired) electrons. The minimum atomic E-state index is 0.533. The zero-order chi connectivity index (χ0) is 15.2. The summed E-state index contributed by atoms with van der Waals surface area (Å²) in [6, 6.07) is 5.70. The minimum absolute atomic E-state index is 0.533. The summed E-state index contributed by atoms with van der Waals surface area (Å²) in [6.07, 6.45) is 3.56. The van der Waals surface area contributed by atoms with Gasteiger partial charge in [-0.25, -0.2) is 4.98 Å². The van der Waals surface area contributed by atoms with Crippen LogP contribution >= 0.6 is 23.2 Å². The van der Waals surface area contributed by atoms with Gasteiger partial charge >= 0.3 is 0 Å². The van der Waals surface area contributed by atoms with Gasteiger partial charge in [0.25, 0.3) is 0 Å². The highest BCUT2D eigenvalue weighted by Crippen LogP contribution is 2.32. The quantitative estimate of drug-likeness (QED) is 0.862. The fourth-order valence-corrected chi connectivity index (χ4v) is 2.56. The van der Waals surface area contributed by atoms with Crippen molar-refractivity contribution in [2.45, 2.75) is 20.4 Å². The van der Waals surface area contributed by atoms with E-state index in [0.29, 0.717) is 15.9 Å². The zero-order valence-electron chi connectivity index (χ0n) is 12.1. The molecule has 0 saturated carbocycles. The molecule has 0 atom stereocenters. The topological polar surface area (TPSA) is 41.1 Å². The Labute approximate surface area is 135 Å². The van der Waals surface area contributed by atoms with Crippen molar-refractivity contribution in [3.63, 3.8) is 0 Å². The Morgan fingerprint density at radius 2 is 1.86 bits per heavy atom. The molecule has 2 heterocycles. The Morgan fingerprint density at radius 1 is 1.14 bits per heavy atom. The van der Waals surface area contributed by atoms with Crippen molar-refractivity contribution in [3.05, 3.63) is 46.2 Å². The van der Waals surface area contributed by atoms with Gasteiger partial charge in [-0.2, -0.15) is 0 Å². The number of hydrogen-bond acceptors (Lipinski definition) is 4. The van der Waals surface area contributed by atoms with Crippen molar-refractivity contribution in [1.29, 1.82) is 0 Å². The fourth-order valence-electron chi connectivity index (χ4n) is 2.02. The van der Waals surface area contributed by atoms with E-state index in [9.17, 15) is 0 Å². The van der Waals surface area contributed by atoms with E-state index in [0.717, 1.165) is 31.0 Å². The molecular weight excluding hydrogens is 307 g/mol. The number of pyridine rings is 2. The van der Waals surface area contributed by atoms with Crippen LogP contribution in [0.3, 0.4) is 0 Å². The summed E-state index contributed by atoms with van der Waals surface area (Å²) in [6.45, 7) is 6.34. The summed E-state index contributed by atoms with van der Waals surface area (Å²) < 4.78 is 0. The Hall–Kier alpha value is -1.52. The van der Waals surface area contributed by atoms with E-state index < -0.39 is 0 Å². The van der Waals surface area contributed by atoms with Crippen LogP contribution < -0.4 is 10.2 Å². The van der Waals surface area contributed by atoms with E-state index in [-0.39, 0.29) is 0 Å². The molecule has 0 bridgehead atoms. The lowest BCUT2D eigenvalue weighted by molar-refractivity contribution is 0.813. The third-order valence-electron chi connectivity index (χ3n) is 3.06. The van der Waals surface area contributed by atoms with E-state index in [1.165, 1.54) is 0 Å². The van der Waals surface area contributed by atoms with Crippen LogP contribution in [-0.4, -0.2) is 23.1 Å². The molecule has 0 spiro atoms. The summed E-state index contributed by atoms with van der Waals surface area (Å²) >= 11 is 12.5. The molecule has 0 aliphatic heterocycles. The third-order valence-corrected chi connectivity index (χ3v) is 3.63. The lowest BCUT2D eigenvalue weighted by Gasteiger charge is -2.24. The Kier molecular flexibility index (Phi) is 5.65. The minimum Gasteiger partial charge on any atom is -0.369 e. The van der Waals surface area contributed by atoms with Crippen molar-refractivity contribution < 1.29 is 0 Å². The van der Waals surface area contributed by atoms with Gasteiger partial charge in [-0.1, -0.05) is 23.2 Å². The molecule has 6 heteroatoms. The summed E-state index contributed by atoms with van der Waals surface area (Å²) in [5.74, 6) is 1.39. The largest absolute Gasteiger partial charge is 0.369 e. The van der Waals surface area contributed by atoms with Gasteiger partial charge in [-0.3, -0.25) is 4.98 Å². The number of hydrogen-bond donors (Lipinski definition) is 1. The molecule has 21 heavy (non-hydrogen) atoms. The van der Waals surface area contributed by atoms with Crippen LogP contribution in [0.25, 0.3) is 0 Å². The van der Waals surface area contributed by atoms with Crippen molar-refractivity contribution in [2.75, 3.05) is 23.3 Å². The maximum Gasteiger partial charge on any atom is 0.150 e. The van der Waals surface area contributed by atoms with Gasteiger partial charge in [0.2, 0.25) is 0 Å². The van der Waals surface area contributed by atoms with Gasteiger partial charge in [-0.05, 0) is 37.6 Å². The second-order valence-electron chi connectivity index (χ2n) is 4.52. The zero-order valence-corrected chi connectivity index (χ0v) is 13.6. The van der Waals surface area contributed by atoms with E-state index in [2.05, 4.69) is 27.1 Å². The molecule has 1 N–H and O–H groups in total. The molecular formula is C15H18Cl2N4. The van der Waals surface area contributed by atoms with Crippen LogP contribution in [0.4, 0.5) is 11.6 Å². The average Bonchev–Trinajstić information content (AvgIpc) is 2.49. The molecule has 112 valence electrons. The molecule has 2 aromatic rings. The first kappa shape index (κ1) is 15.9. The number of aromatic nitrogens is 2. The first-order valence-corrected chi connectivity index (χ1v) is 7.65. The predicted molar refractivity (Wildman–Crippen MR) is 89.4 cm³/mol. The van der Waals surface area contributed by atoms with E-state index in [1.807, 2.05) is 19.1 Å². The lowest BCUT2D eigenvalue weighted by atomic mass is 10.2. The van der Waals surface area contributed by atoms with E-state index >= 15 is 0 Å². The van der Waals surface area contributed by atoms with Gasteiger partial charge in [0, 0.05) is 32.0 Å². The highest BCUT2D eigenvalue weighted by molar-refractivity contribution is 6.37. The number of rotatable bonds is 6. The van der Waals surface area contributed by atoms with E-state index in [4.69, 9.17) is 23.2 Å². The van der Waals surface area contributed by atoms with Gasteiger partial charge < -0.3 is 10.2 Å². The lowest BCUT2D eigenvalue weighted by Crippen LogP contribution is -2.24. The van der Waals surface area contributed by atoms with Crippen LogP contribution in [0, 0.1) is 0 Å². The Bertz CT molecular complexity index is 590. The van der Waals surface area contributed by atoms with Crippen LogP contribution in [0.1, 0.15) is 19.4 Å². The molecule has 0 saturated heterocycles.